The second kappa shape index (κ2) is 5.58. The van der Waals surface area contributed by atoms with Gasteiger partial charge in [0.15, 0.2) is 5.79 Å². The Morgan fingerprint density at radius 1 is 0.600 bits per heavy atom. The molecule has 3 nitrogen and oxygen atoms in total. The topological polar surface area (TPSA) is 31.0 Å². The van der Waals surface area contributed by atoms with E-state index < -0.39 is 5.79 Å². The molecule has 1 heterocycles. The smallest absolute Gasteiger partial charge is 0.164 e. The third kappa shape index (κ3) is 8.23. The average molecular weight is 288 g/mol. The van der Waals surface area contributed by atoms with E-state index in [1.807, 2.05) is 55.4 Å². The van der Waals surface area contributed by atoms with Crippen molar-refractivity contribution < 1.29 is 14.2 Å². The molecular weight excluding hydrogens is 252 g/mol. The number of hydrogen-bond donors (Lipinski definition) is 0. The first-order chi connectivity index (χ1) is 8.37. The van der Waals surface area contributed by atoms with Crippen molar-refractivity contribution in [1.29, 1.82) is 0 Å². The van der Waals surface area contributed by atoms with E-state index in [0.717, 1.165) is 0 Å². The van der Waals surface area contributed by atoms with Crippen LogP contribution in [-0.4, -0.2) is 28.2 Å². The zero-order valence-electron chi connectivity index (χ0n) is 15.7. The molecule has 0 unspecified atom stereocenters. The van der Waals surface area contributed by atoms with Crippen molar-refractivity contribution in [2.75, 3.05) is 0 Å². The molecule has 0 aromatic heterocycles. The summed E-state index contributed by atoms with van der Waals surface area (Å²) in [5.41, 5.74) is -0.0521. The second-order valence-electron chi connectivity index (χ2n) is 8.95. The summed E-state index contributed by atoms with van der Waals surface area (Å²) in [5, 5.41) is 0. The highest BCUT2D eigenvalue weighted by atomic mass is 16.7. The van der Waals surface area contributed by atoms with Crippen molar-refractivity contribution in [3.63, 3.8) is 0 Å². The van der Waals surface area contributed by atoms with E-state index in [2.05, 4.69) is 27.7 Å². The summed E-state index contributed by atoms with van der Waals surface area (Å²) in [6.45, 7) is 24.5. The lowest BCUT2D eigenvalue weighted by Gasteiger charge is -2.38. The highest BCUT2D eigenvalue weighted by Gasteiger charge is 2.55. The third-order valence-electron chi connectivity index (χ3n) is 3.02. The first-order valence-corrected chi connectivity index (χ1v) is 7.47. The Kier molecular flexibility index (Phi) is 5.55. The molecule has 0 saturated carbocycles. The molecule has 0 bridgehead atoms. The Hall–Kier alpha value is -0.120. The lowest BCUT2D eigenvalue weighted by atomic mass is 10.0. The summed E-state index contributed by atoms with van der Waals surface area (Å²) in [4.78, 5) is 0. The maximum absolute atomic E-state index is 5.78. The van der Waals surface area contributed by atoms with Gasteiger partial charge in [-0.1, -0.05) is 0 Å². The molecule has 1 rings (SSSR count). The van der Waals surface area contributed by atoms with Crippen molar-refractivity contribution in [2.24, 2.45) is 0 Å². The van der Waals surface area contributed by atoms with Gasteiger partial charge in [-0.3, -0.25) is 0 Å². The minimum Gasteiger partial charge on any atom is -0.364 e. The van der Waals surface area contributed by atoms with Gasteiger partial charge in [0.2, 0.25) is 0 Å². The first kappa shape index (κ1) is 19.9. The van der Waals surface area contributed by atoms with Gasteiger partial charge in [-0.05, 0) is 83.1 Å². The van der Waals surface area contributed by atoms with E-state index in [9.17, 15) is 0 Å². The van der Waals surface area contributed by atoms with Gasteiger partial charge in [0.25, 0.3) is 0 Å². The van der Waals surface area contributed by atoms with Crippen molar-refractivity contribution in [2.45, 2.75) is 111 Å². The lowest BCUT2D eigenvalue weighted by molar-refractivity contribution is -0.291. The van der Waals surface area contributed by atoms with Gasteiger partial charge in [-0.15, -0.1) is 0 Å². The largest absolute Gasteiger partial charge is 0.364 e. The van der Waals surface area contributed by atoms with Gasteiger partial charge in [0.1, 0.15) is 0 Å². The molecule has 0 atom stereocenters. The zero-order chi connectivity index (χ0) is 16.6. The molecule has 1 aliphatic rings. The Balaban J connectivity index is 0.000000428. The van der Waals surface area contributed by atoms with Gasteiger partial charge in [-0.25, -0.2) is 0 Å². The van der Waals surface area contributed by atoms with Crippen LogP contribution in [-0.2, 0) is 14.2 Å². The van der Waals surface area contributed by atoms with Crippen molar-refractivity contribution >= 4 is 0 Å². The van der Waals surface area contributed by atoms with Crippen LogP contribution in [0.4, 0.5) is 0 Å². The molecule has 0 N–H and O–H groups in total. The van der Waals surface area contributed by atoms with Crippen LogP contribution >= 0.6 is 0 Å². The summed E-state index contributed by atoms with van der Waals surface area (Å²) in [7, 11) is 0. The molecule has 20 heavy (non-hydrogen) atoms. The Morgan fingerprint density at radius 3 is 0.900 bits per heavy atom. The van der Waals surface area contributed by atoms with E-state index in [4.69, 9.17) is 14.2 Å². The normalized spacial score (nSPS) is 21.0. The summed E-state index contributed by atoms with van der Waals surface area (Å²) < 4.78 is 16.8. The van der Waals surface area contributed by atoms with E-state index >= 15 is 0 Å². The minimum atomic E-state index is -0.531. The highest BCUT2D eigenvalue weighted by Crippen LogP contribution is 2.46. The molecule has 1 saturated heterocycles. The van der Waals surface area contributed by atoms with Crippen LogP contribution in [0.3, 0.4) is 0 Å². The summed E-state index contributed by atoms with van der Waals surface area (Å²) in [6.07, 6.45) is 0. The monoisotopic (exact) mass is 288 g/mol. The minimum absolute atomic E-state index is 0.146. The number of epoxide rings is 1. The molecule has 3 heteroatoms. The van der Waals surface area contributed by atoms with E-state index in [0.29, 0.717) is 0 Å². The first-order valence-electron chi connectivity index (χ1n) is 7.47. The van der Waals surface area contributed by atoms with Crippen LogP contribution < -0.4 is 0 Å². The molecule has 0 amide bonds. The number of rotatable bonds is 2. The second-order valence-corrected chi connectivity index (χ2v) is 8.95. The van der Waals surface area contributed by atoms with Crippen LogP contribution in [0.1, 0.15) is 83.1 Å². The molecule has 0 aromatic rings. The van der Waals surface area contributed by atoms with Gasteiger partial charge < -0.3 is 14.2 Å². The van der Waals surface area contributed by atoms with Crippen LogP contribution in [0.5, 0.6) is 0 Å². The summed E-state index contributed by atoms with van der Waals surface area (Å²) >= 11 is 0. The standard InChI is InChI=1S/C11H24O2.C6H12O/c1-9(2,3)12-11(7,8)13-10(4,5)6;1-5(2)6(3,4)7-5/h1-8H3;1-4H3. The van der Waals surface area contributed by atoms with Gasteiger partial charge in [0.05, 0.1) is 22.4 Å². The molecule has 0 spiro atoms. The van der Waals surface area contributed by atoms with Crippen LogP contribution in [0.25, 0.3) is 0 Å². The van der Waals surface area contributed by atoms with E-state index in [-0.39, 0.29) is 22.4 Å². The third-order valence-corrected chi connectivity index (χ3v) is 3.02. The van der Waals surface area contributed by atoms with Crippen molar-refractivity contribution in [3.8, 4) is 0 Å². The fraction of sp³-hybridized carbons (Fsp3) is 1.00. The fourth-order valence-electron chi connectivity index (χ4n) is 2.11. The van der Waals surface area contributed by atoms with E-state index in [1.54, 1.807) is 0 Å². The molecule has 0 aromatic carbocycles. The number of ether oxygens (including phenoxy) is 3. The van der Waals surface area contributed by atoms with Crippen LogP contribution in [0.2, 0.25) is 0 Å². The van der Waals surface area contributed by atoms with Gasteiger partial charge >= 0.3 is 0 Å². The SMILES string of the molecule is CC(C)(C)OC(C)(C)OC(C)(C)C.CC1(C)OC1(C)C. The van der Waals surface area contributed by atoms with Crippen molar-refractivity contribution in [1.82, 2.24) is 0 Å². The quantitative estimate of drug-likeness (QED) is 0.533. The molecule has 0 aliphatic carbocycles. The van der Waals surface area contributed by atoms with E-state index in [1.165, 1.54) is 0 Å². The van der Waals surface area contributed by atoms with Gasteiger partial charge in [0, 0.05) is 0 Å². The molecule has 1 fully saturated rings. The predicted octanol–water partition coefficient (Wildman–Crippen LogP) is 4.93. The molecule has 0 radical (unpaired) electrons. The lowest BCUT2D eigenvalue weighted by Crippen LogP contribution is -2.42. The van der Waals surface area contributed by atoms with Gasteiger partial charge in [-0.2, -0.15) is 0 Å². The maximum atomic E-state index is 5.78. The van der Waals surface area contributed by atoms with Crippen LogP contribution in [0.15, 0.2) is 0 Å². The molecule has 1 aliphatic heterocycles. The fourth-order valence-corrected chi connectivity index (χ4v) is 2.11. The summed E-state index contributed by atoms with van der Waals surface area (Å²) in [6, 6.07) is 0. The number of hydrogen-bond acceptors (Lipinski definition) is 3. The Labute approximate surface area is 126 Å². The zero-order valence-corrected chi connectivity index (χ0v) is 15.7. The maximum Gasteiger partial charge on any atom is 0.164 e. The van der Waals surface area contributed by atoms with Crippen LogP contribution in [0, 0.1) is 0 Å². The van der Waals surface area contributed by atoms with Crippen molar-refractivity contribution in [3.05, 3.63) is 0 Å². The molecule has 122 valence electrons. The predicted molar refractivity (Wildman–Crippen MR) is 85.0 cm³/mol. The summed E-state index contributed by atoms with van der Waals surface area (Å²) in [5.74, 6) is -0.531. The molecular formula is C17H36O3. The Bertz CT molecular complexity index is 284. The highest BCUT2D eigenvalue weighted by molar-refractivity contribution is 5.03. The average Bonchev–Trinajstić information content (AvgIpc) is 2.34. The Morgan fingerprint density at radius 2 is 0.800 bits per heavy atom.